The third-order valence-electron chi connectivity index (χ3n) is 4.32. The van der Waals surface area contributed by atoms with Gasteiger partial charge in [0.05, 0.1) is 0 Å². The van der Waals surface area contributed by atoms with Gasteiger partial charge in [0.15, 0.2) is 0 Å². The Morgan fingerprint density at radius 3 is 2.68 bits per heavy atom. The van der Waals surface area contributed by atoms with Crippen LogP contribution in [0.1, 0.15) is 52.4 Å². The molecule has 19 heavy (non-hydrogen) atoms. The van der Waals surface area contributed by atoms with E-state index in [2.05, 4.69) is 25.4 Å². The molecule has 3 unspecified atom stereocenters. The number of nitrogens with two attached hydrogens (primary N) is 1. The molecule has 0 aliphatic heterocycles. The van der Waals surface area contributed by atoms with Crippen molar-refractivity contribution in [3.8, 4) is 0 Å². The second-order valence-electron chi connectivity index (χ2n) is 6.00. The van der Waals surface area contributed by atoms with Crippen LogP contribution in [0.3, 0.4) is 0 Å². The molecule has 3 N–H and O–H groups in total. The normalized spacial score (nSPS) is 24.7. The highest BCUT2D eigenvalue weighted by atomic mass is 32.2. The highest BCUT2D eigenvalue weighted by Gasteiger charge is 2.27. The number of carbonyl (C=O) groups is 1. The predicted molar refractivity (Wildman–Crippen MR) is 84.3 cm³/mol. The molecule has 0 aromatic heterocycles. The minimum Gasteiger partial charge on any atom is -0.352 e. The molecule has 1 aliphatic rings. The van der Waals surface area contributed by atoms with Gasteiger partial charge >= 0.3 is 0 Å². The Labute approximate surface area is 122 Å². The first-order valence-electron chi connectivity index (χ1n) is 7.60. The number of hydrogen-bond donors (Lipinski definition) is 2. The Morgan fingerprint density at radius 2 is 2.11 bits per heavy atom. The minimum atomic E-state index is 0.230. The average molecular weight is 286 g/mol. The van der Waals surface area contributed by atoms with Crippen LogP contribution >= 0.6 is 11.8 Å². The van der Waals surface area contributed by atoms with Crippen molar-refractivity contribution in [2.75, 3.05) is 12.8 Å². The van der Waals surface area contributed by atoms with Crippen molar-refractivity contribution in [1.82, 2.24) is 5.32 Å². The van der Waals surface area contributed by atoms with Gasteiger partial charge in [-0.25, -0.2) is 0 Å². The second kappa shape index (κ2) is 8.85. The van der Waals surface area contributed by atoms with Crippen LogP contribution in [0.4, 0.5) is 0 Å². The second-order valence-corrected chi connectivity index (χ2v) is 7.08. The van der Waals surface area contributed by atoms with E-state index >= 15 is 0 Å². The molecule has 1 rings (SSSR count). The number of amides is 1. The molecule has 0 bridgehead atoms. The molecule has 0 heterocycles. The van der Waals surface area contributed by atoms with Crippen LogP contribution in [0, 0.1) is 11.8 Å². The summed E-state index contributed by atoms with van der Waals surface area (Å²) in [5, 5.41) is 3.84. The largest absolute Gasteiger partial charge is 0.352 e. The SMILES string of the molecule is CSC1CCCC1NC(=O)CCC(CCN)C(C)C. The first kappa shape index (κ1) is 16.8. The maximum absolute atomic E-state index is 12.0. The molecule has 1 saturated carbocycles. The fraction of sp³-hybridized carbons (Fsp3) is 0.933. The molecule has 1 aliphatic carbocycles. The molecule has 0 radical (unpaired) electrons. The molecular formula is C15H30N2OS. The van der Waals surface area contributed by atoms with Crippen LogP contribution in [0.5, 0.6) is 0 Å². The first-order valence-corrected chi connectivity index (χ1v) is 8.89. The van der Waals surface area contributed by atoms with Crippen LogP contribution in [-0.4, -0.2) is 30.0 Å². The molecule has 0 aromatic rings. The summed E-state index contributed by atoms with van der Waals surface area (Å²) in [5.41, 5.74) is 5.64. The lowest BCUT2D eigenvalue weighted by atomic mass is 9.88. The van der Waals surface area contributed by atoms with E-state index in [0.717, 1.165) is 25.8 Å². The smallest absolute Gasteiger partial charge is 0.220 e. The summed E-state index contributed by atoms with van der Waals surface area (Å²) in [4.78, 5) is 12.0. The molecule has 0 aromatic carbocycles. The number of rotatable bonds is 8. The zero-order valence-corrected chi connectivity index (χ0v) is 13.5. The summed E-state index contributed by atoms with van der Waals surface area (Å²) in [5.74, 6) is 1.42. The van der Waals surface area contributed by atoms with E-state index in [9.17, 15) is 4.79 Å². The van der Waals surface area contributed by atoms with Crippen molar-refractivity contribution >= 4 is 17.7 Å². The van der Waals surface area contributed by atoms with Gasteiger partial charge in [-0.05, 0) is 50.3 Å². The fourth-order valence-electron chi connectivity index (χ4n) is 2.99. The molecule has 1 amide bonds. The van der Waals surface area contributed by atoms with Crippen molar-refractivity contribution in [2.45, 2.75) is 63.7 Å². The molecule has 0 saturated heterocycles. The Kier molecular flexibility index (Phi) is 7.84. The van der Waals surface area contributed by atoms with E-state index in [1.807, 2.05) is 11.8 Å². The van der Waals surface area contributed by atoms with Gasteiger partial charge in [0.1, 0.15) is 0 Å². The predicted octanol–water partition coefficient (Wildman–Crippen LogP) is 2.79. The lowest BCUT2D eigenvalue weighted by molar-refractivity contribution is -0.122. The summed E-state index contributed by atoms with van der Waals surface area (Å²) < 4.78 is 0. The van der Waals surface area contributed by atoms with E-state index in [0.29, 0.717) is 29.5 Å². The Morgan fingerprint density at radius 1 is 1.37 bits per heavy atom. The third-order valence-corrected chi connectivity index (χ3v) is 5.49. The number of nitrogens with one attached hydrogen (secondary N) is 1. The summed E-state index contributed by atoms with van der Waals surface area (Å²) >= 11 is 1.89. The lowest BCUT2D eigenvalue weighted by Crippen LogP contribution is -2.38. The maximum Gasteiger partial charge on any atom is 0.220 e. The molecule has 112 valence electrons. The van der Waals surface area contributed by atoms with Crippen molar-refractivity contribution in [2.24, 2.45) is 17.6 Å². The van der Waals surface area contributed by atoms with Crippen LogP contribution in [0.15, 0.2) is 0 Å². The Balaban J connectivity index is 2.30. The van der Waals surface area contributed by atoms with Gasteiger partial charge < -0.3 is 11.1 Å². The molecule has 3 nitrogen and oxygen atoms in total. The van der Waals surface area contributed by atoms with Crippen molar-refractivity contribution in [3.63, 3.8) is 0 Å². The average Bonchev–Trinajstić information content (AvgIpc) is 2.81. The Bertz CT molecular complexity index is 271. The zero-order chi connectivity index (χ0) is 14.3. The third kappa shape index (κ3) is 5.74. The number of carbonyl (C=O) groups excluding carboxylic acids is 1. The quantitative estimate of drug-likeness (QED) is 0.721. The number of thioether (sulfide) groups is 1. The minimum absolute atomic E-state index is 0.230. The standard InChI is InChI=1S/C15H30N2OS/c1-11(2)12(9-10-16)7-8-15(18)17-13-5-4-6-14(13)19-3/h11-14H,4-10,16H2,1-3H3,(H,17,18). The van der Waals surface area contributed by atoms with Crippen molar-refractivity contribution in [3.05, 3.63) is 0 Å². The lowest BCUT2D eigenvalue weighted by Gasteiger charge is -2.22. The summed E-state index contributed by atoms with van der Waals surface area (Å²) in [6, 6.07) is 0.398. The van der Waals surface area contributed by atoms with E-state index < -0.39 is 0 Å². The fourth-order valence-corrected chi connectivity index (χ4v) is 3.93. The van der Waals surface area contributed by atoms with Gasteiger partial charge in [-0.1, -0.05) is 20.3 Å². The maximum atomic E-state index is 12.0. The van der Waals surface area contributed by atoms with Crippen LogP contribution in [0.2, 0.25) is 0 Å². The summed E-state index contributed by atoms with van der Waals surface area (Å²) in [6.07, 6.45) is 8.44. The highest BCUT2D eigenvalue weighted by Crippen LogP contribution is 2.28. The van der Waals surface area contributed by atoms with Crippen molar-refractivity contribution in [1.29, 1.82) is 0 Å². The summed E-state index contributed by atoms with van der Waals surface area (Å²) in [7, 11) is 0. The molecule has 1 fully saturated rings. The van der Waals surface area contributed by atoms with Crippen LogP contribution < -0.4 is 11.1 Å². The van der Waals surface area contributed by atoms with E-state index in [-0.39, 0.29) is 5.91 Å². The zero-order valence-electron chi connectivity index (χ0n) is 12.7. The molecule has 3 atom stereocenters. The van der Waals surface area contributed by atoms with Gasteiger partial charge in [-0.3, -0.25) is 4.79 Å². The van der Waals surface area contributed by atoms with Gasteiger partial charge in [0.25, 0.3) is 0 Å². The van der Waals surface area contributed by atoms with Gasteiger partial charge in [-0.2, -0.15) is 11.8 Å². The first-order chi connectivity index (χ1) is 9.08. The number of hydrogen-bond acceptors (Lipinski definition) is 3. The van der Waals surface area contributed by atoms with E-state index in [1.54, 1.807) is 0 Å². The molecule has 0 spiro atoms. The van der Waals surface area contributed by atoms with E-state index in [1.165, 1.54) is 12.8 Å². The van der Waals surface area contributed by atoms with Crippen LogP contribution in [0.25, 0.3) is 0 Å². The van der Waals surface area contributed by atoms with Crippen molar-refractivity contribution < 1.29 is 4.79 Å². The van der Waals surface area contributed by atoms with Gasteiger partial charge in [-0.15, -0.1) is 0 Å². The Hall–Kier alpha value is -0.220. The van der Waals surface area contributed by atoms with E-state index in [4.69, 9.17) is 5.73 Å². The van der Waals surface area contributed by atoms with Gasteiger partial charge in [0.2, 0.25) is 5.91 Å². The monoisotopic (exact) mass is 286 g/mol. The van der Waals surface area contributed by atoms with Gasteiger partial charge in [0, 0.05) is 17.7 Å². The topological polar surface area (TPSA) is 55.1 Å². The molecular weight excluding hydrogens is 256 g/mol. The van der Waals surface area contributed by atoms with Crippen LogP contribution in [-0.2, 0) is 4.79 Å². The summed E-state index contributed by atoms with van der Waals surface area (Å²) in [6.45, 7) is 5.17. The highest BCUT2D eigenvalue weighted by molar-refractivity contribution is 7.99. The molecule has 4 heteroatoms.